The van der Waals surface area contributed by atoms with Crippen molar-refractivity contribution in [1.82, 2.24) is 25.5 Å². The van der Waals surface area contributed by atoms with Gasteiger partial charge < -0.3 is 10.3 Å². The molecule has 0 bridgehead atoms. The maximum atomic E-state index is 12.8. The van der Waals surface area contributed by atoms with Crippen molar-refractivity contribution < 1.29 is 4.79 Å². The van der Waals surface area contributed by atoms with Crippen molar-refractivity contribution in [2.75, 3.05) is 12.0 Å². The van der Waals surface area contributed by atoms with Crippen molar-refractivity contribution in [2.24, 2.45) is 0 Å². The molecule has 0 saturated heterocycles. The molecule has 4 aromatic rings. The van der Waals surface area contributed by atoms with Crippen LogP contribution in [0.25, 0.3) is 21.8 Å². The van der Waals surface area contributed by atoms with E-state index in [1.165, 1.54) is 0 Å². The van der Waals surface area contributed by atoms with Gasteiger partial charge in [0, 0.05) is 5.39 Å². The van der Waals surface area contributed by atoms with Gasteiger partial charge in [-0.25, -0.2) is 10.1 Å². The third-order valence-electron chi connectivity index (χ3n) is 4.79. The maximum Gasteiger partial charge on any atom is 0.272 e. The van der Waals surface area contributed by atoms with E-state index in [1.54, 1.807) is 23.9 Å². The van der Waals surface area contributed by atoms with Gasteiger partial charge in [0.2, 0.25) is 5.91 Å². The molecule has 0 saturated carbocycles. The summed E-state index contributed by atoms with van der Waals surface area (Å²) in [6.07, 6.45) is 2.87. The van der Waals surface area contributed by atoms with Gasteiger partial charge in [0.05, 0.1) is 34.6 Å². The second-order valence-electron chi connectivity index (χ2n) is 6.76. The van der Waals surface area contributed by atoms with Crippen LogP contribution in [0.4, 0.5) is 0 Å². The fourth-order valence-electron chi connectivity index (χ4n) is 3.35. The van der Waals surface area contributed by atoms with Crippen LogP contribution in [0, 0.1) is 0 Å². The number of imidazole rings is 1. The zero-order valence-corrected chi connectivity index (χ0v) is 16.8. The van der Waals surface area contributed by atoms with Crippen LogP contribution in [0.3, 0.4) is 0 Å². The number of hydrogen-bond donors (Lipinski definition) is 3. The number of fused-ring (bicyclic) bond motifs is 2. The van der Waals surface area contributed by atoms with Crippen molar-refractivity contribution >= 4 is 39.5 Å². The number of nitrogens with zero attached hydrogens (tertiary/aromatic N) is 2. The standard InChI is InChI=1S/C21H21N5O2S/c1-29-11-10-17(20-23-15-8-4-5-9-16(15)24-20)22-19(27)12-18-13-6-2-3-7-14(13)21(28)26-25-18/h2-9,17H,10-12H2,1H3,(H,22,27)(H,23,24)(H,26,28)/t17-/m1/s1. The Balaban J connectivity index is 1.57. The molecule has 0 spiro atoms. The smallest absolute Gasteiger partial charge is 0.272 e. The highest BCUT2D eigenvalue weighted by molar-refractivity contribution is 7.98. The molecule has 148 valence electrons. The van der Waals surface area contributed by atoms with E-state index in [0.717, 1.165) is 29.0 Å². The molecular weight excluding hydrogens is 386 g/mol. The van der Waals surface area contributed by atoms with Crippen LogP contribution in [0.2, 0.25) is 0 Å². The van der Waals surface area contributed by atoms with Crippen LogP contribution in [-0.2, 0) is 11.2 Å². The first-order valence-corrected chi connectivity index (χ1v) is 10.7. The molecule has 2 heterocycles. The van der Waals surface area contributed by atoms with E-state index in [4.69, 9.17) is 0 Å². The number of rotatable bonds is 7. The second kappa shape index (κ2) is 8.48. The minimum atomic E-state index is -0.259. The zero-order valence-electron chi connectivity index (χ0n) is 15.9. The highest BCUT2D eigenvalue weighted by Gasteiger charge is 2.19. The lowest BCUT2D eigenvalue weighted by atomic mass is 10.1. The predicted octanol–water partition coefficient (Wildman–Crippen LogP) is 2.95. The maximum absolute atomic E-state index is 12.8. The first-order chi connectivity index (χ1) is 14.2. The molecule has 8 heteroatoms. The summed E-state index contributed by atoms with van der Waals surface area (Å²) in [5.74, 6) is 1.47. The number of carbonyl (C=O) groups excluding carboxylic acids is 1. The first kappa shape index (κ1) is 19.2. The molecule has 0 fully saturated rings. The highest BCUT2D eigenvalue weighted by Crippen LogP contribution is 2.20. The van der Waals surface area contributed by atoms with E-state index in [1.807, 2.05) is 42.7 Å². The zero-order chi connectivity index (χ0) is 20.2. The quantitative estimate of drug-likeness (QED) is 0.437. The summed E-state index contributed by atoms with van der Waals surface area (Å²) in [5, 5.41) is 10.9. The average molecular weight is 407 g/mol. The van der Waals surface area contributed by atoms with Crippen LogP contribution >= 0.6 is 11.8 Å². The lowest BCUT2D eigenvalue weighted by Crippen LogP contribution is -2.31. The van der Waals surface area contributed by atoms with Gasteiger partial charge in [-0.3, -0.25) is 9.59 Å². The fourth-order valence-corrected chi connectivity index (χ4v) is 3.83. The van der Waals surface area contributed by atoms with E-state index >= 15 is 0 Å². The number of benzene rings is 2. The van der Waals surface area contributed by atoms with E-state index in [9.17, 15) is 9.59 Å². The molecule has 0 aliphatic carbocycles. The molecule has 0 aliphatic heterocycles. The highest BCUT2D eigenvalue weighted by atomic mass is 32.2. The number of thioether (sulfide) groups is 1. The summed E-state index contributed by atoms with van der Waals surface area (Å²) >= 11 is 1.72. The lowest BCUT2D eigenvalue weighted by molar-refractivity contribution is -0.121. The van der Waals surface area contributed by atoms with Crippen molar-refractivity contribution in [3.8, 4) is 0 Å². The Morgan fingerprint density at radius 2 is 1.90 bits per heavy atom. The monoisotopic (exact) mass is 407 g/mol. The molecule has 29 heavy (non-hydrogen) atoms. The Bertz CT molecular complexity index is 1180. The van der Waals surface area contributed by atoms with Crippen LogP contribution in [0.5, 0.6) is 0 Å². The van der Waals surface area contributed by atoms with Crippen molar-refractivity contribution in [2.45, 2.75) is 18.9 Å². The van der Waals surface area contributed by atoms with Gasteiger partial charge in [0.1, 0.15) is 5.82 Å². The summed E-state index contributed by atoms with van der Waals surface area (Å²) in [6.45, 7) is 0. The van der Waals surface area contributed by atoms with Crippen LogP contribution < -0.4 is 10.9 Å². The Morgan fingerprint density at radius 1 is 1.14 bits per heavy atom. The fraction of sp³-hybridized carbons (Fsp3) is 0.238. The molecule has 4 rings (SSSR count). The summed E-state index contributed by atoms with van der Waals surface area (Å²) in [7, 11) is 0. The van der Waals surface area contributed by atoms with Crippen LogP contribution in [-0.4, -0.2) is 38.1 Å². The third kappa shape index (κ3) is 4.17. The van der Waals surface area contributed by atoms with E-state index < -0.39 is 0 Å². The molecule has 3 N–H and O–H groups in total. The molecule has 0 aliphatic rings. The predicted molar refractivity (Wildman–Crippen MR) is 116 cm³/mol. The third-order valence-corrected chi connectivity index (χ3v) is 5.43. The Morgan fingerprint density at radius 3 is 2.69 bits per heavy atom. The minimum Gasteiger partial charge on any atom is -0.346 e. The molecule has 1 atom stereocenters. The molecule has 0 radical (unpaired) electrons. The summed E-state index contributed by atoms with van der Waals surface area (Å²) in [5.41, 5.74) is 2.11. The summed E-state index contributed by atoms with van der Waals surface area (Å²) < 4.78 is 0. The van der Waals surface area contributed by atoms with Gasteiger partial charge in [-0.05, 0) is 36.6 Å². The molecular formula is C21H21N5O2S. The van der Waals surface area contributed by atoms with Gasteiger partial charge >= 0.3 is 0 Å². The largest absolute Gasteiger partial charge is 0.346 e. The van der Waals surface area contributed by atoms with Gasteiger partial charge in [0.15, 0.2) is 0 Å². The number of carbonyl (C=O) groups is 1. The minimum absolute atomic E-state index is 0.0767. The van der Waals surface area contributed by atoms with Gasteiger partial charge in [0.25, 0.3) is 5.56 Å². The Labute approximate surface area is 171 Å². The molecule has 0 unspecified atom stereocenters. The number of para-hydroxylation sites is 2. The first-order valence-electron chi connectivity index (χ1n) is 9.35. The van der Waals surface area contributed by atoms with E-state index in [2.05, 4.69) is 25.5 Å². The van der Waals surface area contributed by atoms with E-state index in [-0.39, 0.29) is 23.9 Å². The van der Waals surface area contributed by atoms with Crippen molar-refractivity contribution in [3.63, 3.8) is 0 Å². The summed E-state index contributed by atoms with van der Waals surface area (Å²) in [6, 6.07) is 14.7. The van der Waals surface area contributed by atoms with Crippen LogP contribution in [0.1, 0.15) is 24.0 Å². The number of aromatic nitrogens is 4. The second-order valence-corrected chi connectivity index (χ2v) is 7.75. The van der Waals surface area contributed by atoms with Crippen molar-refractivity contribution in [3.05, 3.63) is 70.4 Å². The van der Waals surface area contributed by atoms with Crippen molar-refractivity contribution in [1.29, 1.82) is 0 Å². The molecule has 2 aromatic heterocycles. The van der Waals surface area contributed by atoms with Gasteiger partial charge in [-0.2, -0.15) is 16.9 Å². The number of H-pyrrole nitrogens is 2. The topological polar surface area (TPSA) is 104 Å². The van der Waals surface area contributed by atoms with E-state index in [0.29, 0.717) is 16.5 Å². The average Bonchev–Trinajstić information content (AvgIpc) is 3.17. The van der Waals surface area contributed by atoms with Gasteiger partial charge in [-0.15, -0.1) is 0 Å². The number of hydrogen-bond acceptors (Lipinski definition) is 5. The molecule has 2 aromatic carbocycles. The number of aromatic amines is 2. The Hall–Kier alpha value is -3.13. The van der Waals surface area contributed by atoms with Gasteiger partial charge in [-0.1, -0.05) is 30.3 Å². The number of amides is 1. The number of nitrogens with one attached hydrogen (secondary N) is 3. The summed E-state index contributed by atoms with van der Waals surface area (Å²) in [4.78, 5) is 32.7. The molecule has 7 nitrogen and oxygen atoms in total. The SMILES string of the molecule is CSCC[C@@H](NC(=O)Cc1n[nH]c(=O)c2ccccc12)c1nc2ccccc2[nH]1. The normalized spacial score (nSPS) is 12.3. The van der Waals surface area contributed by atoms with Crippen LogP contribution in [0.15, 0.2) is 53.3 Å². The molecule has 1 amide bonds. The lowest BCUT2D eigenvalue weighted by Gasteiger charge is -2.16. The Kier molecular flexibility index (Phi) is 5.62.